The summed E-state index contributed by atoms with van der Waals surface area (Å²) >= 11 is 3.96. The third-order valence-electron chi connectivity index (χ3n) is 8.93. The fourth-order valence-corrected chi connectivity index (χ4v) is 9.98. The molecule has 2 aliphatic rings. The minimum Gasteiger partial charge on any atom is -0.135 e. The standard InChI is InChI=1S/C34H28S2/c1-17-7-13-25-21(15-17)29-31(35-25)19-9-12-24-28-20(10-11-23(27(19)28)33(29,3)4)32-30(34(24,5)6)22-16-18(2)8-14-26(22)36-32/h7-16H,1-6H3. The van der Waals surface area contributed by atoms with E-state index in [9.17, 15) is 0 Å². The zero-order valence-corrected chi connectivity index (χ0v) is 23.2. The van der Waals surface area contributed by atoms with Crippen LogP contribution in [0.2, 0.25) is 0 Å². The number of rotatable bonds is 0. The van der Waals surface area contributed by atoms with Crippen LogP contribution in [0.15, 0.2) is 60.7 Å². The normalized spacial score (nSPS) is 16.5. The van der Waals surface area contributed by atoms with E-state index in [-0.39, 0.29) is 10.8 Å². The Morgan fingerprint density at radius 1 is 0.528 bits per heavy atom. The predicted octanol–water partition coefficient (Wildman–Crippen LogP) is 10.5. The molecule has 0 saturated carbocycles. The maximum Gasteiger partial charge on any atom is 0.0402 e. The predicted molar refractivity (Wildman–Crippen MR) is 159 cm³/mol. The fourth-order valence-electron chi connectivity index (χ4n) is 7.23. The van der Waals surface area contributed by atoms with Crippen LogP contribution in [-0.2, 0) is 10.8 Å². The second kappa shape index (κ2) is 6.49. The van der Waals surface area contributed by atoms with Crippen molar-refractivity contribution in [2.24, 2.45) is 0 Å². The second-order valence-electron chi connectivity index (χ2n) is 11.9. The van der Waals surface area contributed by atoms with Gasteiger partial charge in [-0.1, -0.05) is 87.4 Å². The molecular weight excluding hydrogens is 473 g/mol. The fraction of sp³-hybridized carbons (Fsp3) is 0.235. The van der Waals surface area contributed by atoms with Gasteiger partial charge >= 0.3 is 0 Å². The van der Waals surface area contributed by atoms with Crippen molar-refractivity contribution in [1.29, 1.82) is 0 Å². The smallest absolute Gasteiger partial charge is 0.0402 e. The Labute approximate surface area is 220 Å². The molecule has 6 aromatic rings. The summed E-state index contributed by atoms with van der Waals surface area (Å²) in [5, 5.41) is 5.83. The molecule has 0 fully saturated rings. The van der Waals surface area contributed by atoms with E-state index in [1.54, 1.807) is 0 Å². The minimum absolute atomic E-state index is 0.0484. The van der Waals surface area contributed by atoms with Crippen LogP contribution in [0.25, 0.3) is 51.8 Å². The monoisotopic (exact) mass is 500 g/mol. The topological polar surface area (TPSA) is 0 Å². The van der Waals surface area contributed by atoms with Gasteiger partial charge in [0.1, 0.15) is 0 Å². The average Bonchev–Trinajstić information content (AvgIpc) is 3.40. The van der Waals surface area contributed by atoms with Crippen LogP contribution in [0, 0.1) is 13.8 Å². The lowest BCUT2D eigenvalue weighted by Gasteiger charge is -2.39. The van der Waals surface area contributed by atoms with E-state index in [0.717, 1.165) is 0 Å². The van der Waals surface area contributed by atoms with E-state index < -0.39 is 0 Å². The first kappa shape index (κ1) is 21.2. The summed E-state index contributed by atoms with van der Waals surface area (Å²) in [5.74, 6) is 0. The van der Waals surface area contributed by atoms with Gasteiger partial charge in [-0.25, -0.2) is 0 Å². The second-order valence-corrected chi connectivity index (χ2v) is 14.0. The summed E-state index contributed by atoms with van der Waals surface area (Å²) in [6.45, 7) is 14.2. The Balaban J connectivity index is 1.56. The molecule has 0 spiro atoms. The molecular formula is C34H28S2. The van der Waals surface area contributed by atoms with Crippen LogP contribution in [0.5, 0.6) is 0 Å². The Kier molecular flexibility index (Phi) is 3.81. The van der Waals surface area contributed by atoms with E-state index in [2.05, 4.69) is 102 Å². The highest BCUT2D eigenvalue weighted by molar-refractivity contribution is 7.23. The summed E-state index contributed by atoms with van der Waals surface area (Å²) in [7, 11) is 0. The summed E-state index contributed by atoms with van der Waals surface area (Å²) in [4.78, 5) is 2.93. The first-order chi connectivity index (χ1) is 17.2. The molecule has 2 heterocycles. The number of hydrogen-bond donors (Lipinski definition) is 0. The molecule has 0 amide bonds. The molecule has 8 rings (SSSR count). The highest BCUT2D eigenvalue weighted by Gasteiger charge is 2.42. The first-order valence-corrected chi connectivity index (χ1v) is 14.5. The SMILES string of the molecule is Cc1ccc2sc3c(c2c1)C(C)(C)c1ccc2c4c(ccc-3c14)C(C)(C)c1c-2sc2ccc(C)cc12. The summed E-state index contributed by atoms with van der Waals surface area (Å²) < 4.78 is 2.80. The summed E-state index contributed by atoms with van der Waals surface area (Å²) in [6, 6.07) is 23.7. The highest BCUT2D eigenvalue weighted by Crippen LogP contribution is 2.60. The summed E-state index contributed by atoms with van der Waals surface area (Å²) in [5.41, 5.74) is 11.4. The molecule has 176 valence electrons. The lowest BCUT2D eigenvalue weighted by Crippen LogP contribution is -2.26. The molecule has 0 aliphatic heterocycles. The highest BCUT2D eigenvalue weighted by atomic mass is 32.1. The number of aryl methyl sites for hydroxylation is 2. The van der Waals surface area contributed by atoms with E-state index >= 15 is 0 Å². The van der Waals surface area contributed by atoms with Gasteiger partial charge in [0.25, 0.3) is 0 Å². The van der Waals surface area contributed by atoms with Crippen molar-refractivity contribution in [2.75, 3.05) is 0 Å². The van der Waals surface area contributed by atoms with Crippen molar-refractivity contribution in [3.05, 3.63) is 94.0 Å². The van der Waals surface area contributed by atoms with E-state index in [0.29, 0.717) is 0 Å². The Morgan fingerprint density at radius 2 is 0.944 bits per heavy atom. The first-order valence-electron chi connectivity index (χ1n) is 12.9. The molecule has 0 unspecified atom stereocenters. The van der Waals surface area contributed by atoms with Gasteiger partial charge in [-0.05, 0) is 69.8 Å². The van der Waals surface area contributed by atoms with E-state index in [1.165, 1.54) is 85.2 Å². The molecule has 0 nitrogen and oxygen atoms in total. The molecule has 0 bridgehead atoms. The van der Waals surface area contributed by atoms with Crippen molar-refractivity contribution >= 4 is 53.6 Å². The van der Waals surface area contributed by atoms with Crippen molar-refractivity contribution < 1.29 is 0 Å². The van der Waals surface area contributed by atoms with Gasteiger partial charge in [-0.2, -0.15) is 0 Å². The number of hydrogen-bond acceptors (Lipinski definition) is 2. The van der Waals surface area contributed by atoms with Crippen molar-refractivity contribution in [1.82, 2.24) is 0 Å². The number of fused-ring (bicyclic) bond motifs is 8. The molecule has 0 N–H and O–H groups in total. The van der Waals surface area contributed by atoms with Crippen molar-refractivity contribution in [3.8, 4) is 20.9 Å². The van der Waals surface area contributed by atoms with E-state index in [4.69, 9.17) is 0 Å². The van der Waals surface area contributed by atoms with Crippen LogP contribution in [0.1, 0.15) is 61.1 Å². The average molecular weight is 501 g/mol. The number of thiophene rings is 2. The van der Waals surface area contributed by atoms with Crippen LogP contribution in [0.4, 0.5) is 0 Å². The number of benzene rings is 4. The van der Waals surface area contributed by atoms with Gasteiger partial charge in [0.15, 0.2) is 0 Å². The van der Waals surface area contributed by atoms with Gasteiger partial charge in [-0.3, -0.25) is 0 Å². The van der Waals surface area contributed by atoms with E-state index in [1.807, 2.05) is 22.7 Å². The summed E-state index contributed by atoms with van der Waals surface area (Å²) in [6.07, 6.45) is 0. The molecule has 2 aliphatic carbocycles. The molecule has 0 saturated heterocycles. The zero-order valence-electron chi connectivity index (χ0n) is 21.6. The lowest BCUT2D eigenvalue weighted by atomic mass is 9.65. The molecule has 0 atom stereocenters. The van der Waals surface area contributed by atoms with Gasteiger partial charge < -0.3 is 0 Å². The Hall–Kier alpha value is -2.94. The zero-order chi connectivity index (χ0) is 24.7. The molecule has 2 aromatic heterocycles. The Morgan fingerprint density at radius 3 is 1.36 bits per heavy atom. The molecule has 4 aromatic carbocycles. The largest absolute Gasteiger partial charge is 0.135 e. The maximum atomic E-state index is 2.45. The van der Waals surface area contributed by atoms with Crippen LogP contribution < -0.4 is 0 Å². The van der Waals surface area contributed by atoms with Crippen LogP contribution in [0.3, 0.4) is 0 Å². The van der Waals surface area contributed by atoms with Crippen LogP contribution in [-0.4, -0.2) is 0 Å². The van der Waals surface area contributed by atoms with Gasteiger partial charge in [0.2, 0.25) is 0 Å². The van der Waals surface area contributed by atoms with Crippen molar-refractivity contribution in [2.45, 2.75) is 52.4 Å². The van der Waals surface area contributed by atoms with Crippen molar-refractivity contribution in [3.63, 3.8) is 0 Å². The molecule has 36 heavy (non-hydrogen) atoms. The third kappa shape index (κ3) is 2.36. The quantitative estimate of drug-likeness (QED) is 0.195. The van der Waals surface area contributed by atoms with Crippen LogP contribution >= 0.6 is 22.7 Å². The molecule has 0 radical (unpaired) electrons. The lowest BCUT2D eigenvalue weighted by molar-refractivity contribution is 0.646. The Bertz CT molecular complexity index is 1810. The van der Waals surface area contributed by atoms with Gasteiger partial charge in [0.05, 0.1) is 0 Å². The minimum atomic E-state index is -0.0484. The third-order valence-corrected chi connectivity index (χ3v) is 11.3. The molecule has 2 heteroatoms. The van der Waals surface area contributed by atoms with Gasteiger partial charge in [0, 0.05) is 41.1 Å². The maximum absolute atomic E-state index is 2.45. The van der Waals surface area contributed by atoms with Gasteiger partial charge in [-0.15, -0.1) is 22.7 Å².